The molecule has 0 N–H and O–H groups in total. The summed E-state index contributed by atoms with van der Waals surface area (Å²) in [6.07, 6.45) is 2.22. The molecule has 2 heterocycles. The molecular weight excluding hydrogens is 272 g/mol. The average molecular weight is 286 g/mol. The molecule has 2 aromatic rings. The Labute approximate surface area is 121 Å². The van der Waals surface area contributed by atoms with Crippen LogP contribution in [0.25, 0.3) is 0 Å². The minimum atomic E-state index is -0.518. The summed E-state index contributed by atoms with van der Waals surface area (Å²) in [6.45, 7) is 3.97. The predicted molar refractivity (Wildman–Crippen MR) is 75.8 cm³/mol. The van der Waals surface area contributed by atoms with Crippen molar-refractivity contribution in [1.82, 2.24) is 4.98 Å². The molecule has 6 heteroatoms. The van der Waals surface area contributed by atoms with E-state index in [0.29, 0.717) is 11.5 Å². The zero-order valence-electron chi connectivity index (χ0n) is 11.7. The summed E-state index contributed by atoms with van der Waals surface area (Å²) >= 11 is 0. The zero-order valence-corrected chi connectivity index (χ0v) is 11.7. The lowest BCUT2D eigenvalue weighted by atomic mass is 10.0. The minimum Gasteiger partial charge on any atom is -0.483 e. The summed E-state index contributed by atoms with van der Waals surface area (Å²) in [5.41, 5.74) is 0.543. The normalized spacial score (nSPS) is 15.1. The molecular formula is C15H14N2O4. The Hall–Kier alpha value is -2.63. The number of pyridine rings is 1. The fourth-order valence-electron chi connectivity index (χ4n) is 2.37. The number of nitrogens with zero attached hydrogens (tertiary/aromatic N) is 2. The molecule has 0 radical (unpaired) electrons. The van der Waals surface area contributed by atoms with Gasteiger partial charge in [0, 0.05) is 24.2 Å². The smallest absolute Gasteiger partial charge is 0.331 e. The van der Waals surface area contributed by atoms with Gasteiger partial charge < -0.3 is 9.47 Å². The van der Waals surface area contributed by atoms with Crippen LogP contribution in [0.3, 0.4) is 0 Å². The number of ether oxygens (including phenoxy) is 2. The predicted octanol–water partition coefficient (Wildman–Crippen LogP) is 3.50. The van der Waals surface area contributed by atoms with Crippen molar-refractivity contribution in [1.29, 1.82) is 0 Å². The van der Waals surface area contributed by atoms with E-state index < -0.39 is 4.92 Å². The van der Waals surface area contributed by atoms with E-state index in [1.807, 2.05) is 26.0 Å². The van der Waals surface area contributed by atoms with Gasteiger partial charge in [0.2, 0.25) is 0 Å². The first-order valence-corrected chi connectivity index (χ1v) is 6.54. The molecule has 0 aliphatic carbocycles. The molecule has 1 aliphatic rings. The van der Waals surface area contributed by atoms with Crippen LogP contribution in [0.4, 0.5) is 5.69 Å². The molecule has 108 valence electrons. The number of rotatable bonds is 3. The molecule has 0 fully saturated rings. The van der Waals surface area contributed by atoms with Crippen LogP contribution in [-0.2, 0) is 6.42 Å². The van der Waals surface area contributed by atoms with Crippen LogP contribution in [0, 0.1) is 10.1 Å². The Morgan fingerprint density at radius 1 is 1.33 bits per heavy atom. The maximum Gasteiger partial charge on any atom is 0.331 e. The van der Waals surface area contributed by atoms with Crippen molar-refractivity contribution >= 4 is 5.69 Å². The molecule has 1 aromatic heterocycles. The third-order valence-corrected chi connectivity index (χ3v) is 3.21. The van der Waals surface area contributed by atoms with Gasteiger partial charge in [0.1, 0.15) is 5.60 Å². The molecule has 0 saturated heterocycles. The highest BCUT2D eigenvalue weighted by atomic mass is 16.6. The maximum atomic E-state index is 11.0. The summed E-state index contributed by atoms with van der Waals surface area (Å²) in [5, 5.41) is 11.0. The highest BCUT2D eigenvalue weighted by Gasteiger charge is 2.33. The van der Waals surface area contributed by atoms with Gasteiger partial charge in [-0.2, -0.15) is 0 Å². The lowest BCUT2D eigenvalue weighted by Crippen LogP contribution is -2.24. The number of hydrogen-bond acceptors (Lipinski definition) is 5. The first kappa shape index (κ1) is 13.4. The van der Waals surface area contributed by atoms with Crippen LogP contribution in [0.2, 0.25) is 0 Å². The van der Waals surface area contributed by atoms with E-state index in [2.05, 4.69) is 4.98 Å². The summed E-state index contributed by atoms with van der Waals surface area (Å²) in [6, 6.07) is 8.38. The fourth-order valence-corrected chi connectivity index (χ4v) is 2.37. The van der Waals surface area contributed by atoms with Crippen molar-refractivity contribution in [3.05, 3.63) is 52.2 Å². The number of para-hydroxylation sites is 1. The van der Waals surface area contributed by atoms with Gasteiger partial charge in [-0.1, -0.05) is 12.1 Å². The van der Waals surface area contributed by atoms with E-state index in [0.717, 1.165) is 12.0 Å². The maximum absolute atomic E-state index is 11.0. The lowest BCUT2D eigenvalue weighted by molar-refractivity contribution is -0.386. The number of fused-ring (bicyclic) bond motifs is 1. The van der Waals surface area contributed by atoms with Gasteiger partial charge >= 0.3 is 5.69 Å². The van der Waals surface area contributed by atoms with Crippen molar-refractivity contribution < 1.29 is 14.4 Å². The first-order valence-electron chi connectivity index (χ1n) is 6.54. The molecule has 21 heavy (non-hydrogen) atoms. The Bertz CT molecular complexity index is 713. The standard InChI is InChI=1S/C15H14N2O4/c1-15(2)9-10-5-3-7-12(13(10)21-15)20-14-11(17(18)19)6-4-8-16-14/h3-8H,9H2,1-2H3. The second-order valence-electron chi connectivity index (χ2n) is 5.47. The van der Waals surface area contributed by atoms with E-state index in [1.165, 1.54) is 18.3 Å². The molecule has 3 rings (SSSR count). The van der Waals surface area contributed by atoms with E-state index >= 15 is 0 Å². The van der Waals surface area contributed by atoms with Gasteiger partial charge in [-0.25, -0.2) is 4.98 Å². The van der Waals surface area contributed by atoms with E-state index in [1.54, 1.807) is 6.07 Å². The van der Waals surface area contributed by atoms with Gasteiger partial charge in [-0.15, -0.1) is 0 Å². The topological polar surface area (TPSA) is 74.5 Å². The summed E-state index contributed by atoms with van der Waals surface area (Å²) < 4.78 is 11.5. The van der Waals surface area contributed by atoms with E-state index in [9.17, 15) is 10.1 Å². The molecule has 0 unspecified atom stereocenters. The molecule has 0 saturated carbocycles. The highest BCUT2D eigenvalue weighted by molar-refractivity contribution is 5.53. The average Bonchev–Trinajstić information content (AvgIpc) is 2.74. The van der Waals surface area contributed by atoms with Gasteiger partial charge in [-0.3, -0.25) is 10.1 Å². The lowest BCUT2D eigenvalue weighted by Gasteiger charge is -2.18. The third kappa shape index (κ3) is 2.52. The molecule has 0 spiro atoms. The largest absolute Gasteiger partial charge is 0.483 e. The van der Waals surface area contributed by atoms with Gasteiger partial charge in [0.05, 0.1) is 4.92 Å². The number of aromatic nitrogens is 1. The van der Waals surface area contributed by atoms with E-state index in [-0.39, 0.29) is 17.2 Å². The molecule has 1 aromatic carbocycles. The van der Waals surface area contributed by atoms with Gasteiger partial charge in [0.15, 0.2) is 11.5 Å². The van der Waals surface area contributed by atoms with Gasteiger partial charge in [0.25, 0.3) is 5.88 Å². The SMILES string of the molecule is CC1(C)Cc2cccc(Oc3ncccc3[N+](=O)[O-])c2O1. The van der Waals surface area contributed by atoms with Crippen molar-refractivity contribution in [2.24, 2.45) is 0 Å². The van der Waals surface area contributed by atoms with Crippen molar-refractivity contribution in [3.63, 3.8) is 0 Å². The molecule has 1 aliphatic heterocycles. The second kappa shape index (κ2) is 4.73. The van der Waals surface area contributed by atoms with Crippen LogP contribution in [0.5, 0.6) is 17.4 Å². The number of benzene rings is 1. The molecule has 0 amide bonds. The van der Waals surface area contributed by atoms with Crippen LogP contribution < -0.4 is 9.47 Å². The number of nitro groups is 1. The van der Waals surface area contributed by atoms with Crippen LogP contribution in [0.1, 0.15) is 19.4 Å². The Morgan fingerprint density at radius 2 is 2.14 bits per heavy atom. The minimum absolute atomic E-state index is 0.0378. The van der Waals surface area contributed by atoms with Gasteiger partial charge in [-0.05, 0) is 26.0 Å². The summed E-state index contributed by atoms with van der Waals surface area (Å²) in [5.74, 6) is 1.03. The number of hydrogen-bond donors (Lipinski definition) is 0. The highest BCUT2D eigenvalue weighted by Crippen LogP contribution is 2.43. The Kier molecular flexibility index (Phi) is 3.01. The first-order chi connectivity index (χ1) is 9.96. The van der Waals surface area contributed by atoms with Crippen LogP contribution >= 0.6 is 0 Å². The van der Waals surface area contributed by atoms with Crippen LogP contribution in [0.15, 0.2) is 36.5 Å². The second-order valence-corrected chi connectivity index (χ2v) is 5.47. The Balaban J connectivity index is 1.98. The van der Waals surface area contributed by atoms with Crippen molar-refractivity contribution in [2.75, 3.05) is 0 Å². The summed E-state index contributed by atoms with van der Waals surface area (Å²) in [4.78, 5) is 14.4. The monoisotopic (exact) mass is 286 g/mol. The Morgan fingerprint density at radius 3 is 2.90 bits per heavy atom. The van der Waals surface area contributed by atoms with Crippen molar-refractivity contribution in [3.8, 4) is 17.4 Å². The quantitative estimate of drug-likeness (QED) is 0.637. The fraction of sp³-hybridized carbons (Fsp3) is 0.267. The molecule has 6 nitrogen and oxygen atoms in total. The van der Waals surface area contributed by atoms with Crippen LogP contribution in [-0.4, -0.2) is 15.5 Å². The molecule has 0 bridgehead atoms. The third-order valence-electron chi connectivity index (χ3n) is 3.21. The molecule has 0 atom stereocenters. The summed E-state index contributed by atoms with van der Waals surface area (Å²) in [7, 11) is 0. The van der Waals surface area contributed by atoms with E-state index in [4.69, 9.17) is 9.47 Å². The van der Waals surface area contributed by atoms with Crippen molar-refractivity contribution in [2.45, 2.75) is 25.9 Å². The zero-order chi connectivity index (χ0) is 15.0.